The predicted molar refractivity (Wildman–Crippen MR) is 117 cm³/mol. The maximum atomic E-state index is 11.3. The van der Waals surface area contributed by atoms with Crippen LogP contribution in [0.15, 0.2) is 48.5 Å². The van der Waals surface area contributed by atoms with Gasteiger partial charge in [-0.25, -0.2) is 0 Å². The minimum Gasteiger partial charge on any atom is -0.493 e. The van der Waals surface area contributed by atoms with Gasteiger partial charge in [0, 0.05) is 0 Å². The van der Waals surface area contributed by atoms with Gasteiger partial charge in [0.25, 0.3) is 0 Å². The van der Waals surface area contributed by atoms with Gasteiger partial charge in [0.05, 0.1) is 13.0 Å². The van der Waals surface area contributed by atoms with Gasteiger partial charge in [0.15, 0.2) is 11.5 Å². The van der Waals surface area contributed by atoms with Crippen LogP contribution in [0.5, 0.6) is 11.5 Å². The molecular weight excluding hydrogens is 364 g/mol. The first-order valence-corrected chi connectivity index (χ1v) is 10.6. The van der Waals surface area contributed by atoms with E-state index in [4.69, 9.17) is 9.47 Å². The molecule has 0 bridgehead atoms. The van der Waals surface area contributed by atoms with Crippen molar-refractivity contribution in [3.05, 3.63) is 59.7 Å². The molecule has 0 fully saturated rings. The van der Waals surface area contributed by atoms with Crippen LogP contribution in [0, 0.1) is 11.8 Å². The molecule has 158 valence electrons. The predicted octanol–water partition coefficient (Wildman–Crippen LogP) is 6.12. The summed E-state index contributed by atoms with van der Waals surface area (Å²) in [7, 11) is 1.66. The Kier molecular flexibility index (Phi) is 9.55. The second kappa shape index (κ2) is 12.2. The first-order valence-electron chi connectivity index (χ1n) is 10.6. The Morgan fingerprint density at radius 3 is 2.31 bits per heavy atom. The lowest BCUT2D eigenvalue weighted by molar-refractivity contribution is -0.143. The van der Waals surface area contributed by atoms with Crippen molar-refractivity contribution in [1.82, 2.24) is 0 Å². The molecular formula is C25H34O4. The number of hydrogen-bond donors (Lipinski definition) is 1. The molecule has 0 amide bonds. The van der Waals surface area contributed by atoms with Gasteiger partial charge in [0.1, 0.15) is 6.61 Å². The monoisotopic (exact) mass is 398 g/mol. The second-order valence-corrected chi connectivity index (χ2v) is 7.90. The third-order valence-corrected chi connectivity index (χ3v) is 5.32. The van der Waals surface area contributed by atoms with E-state index in [9.17, 15) is 9.90 Å². The Bertz CT molecular complexity index is 740. The number of carboxylic acid groups (broad SMARTS) is 1. The van der Waals surface area contributed by atoms with Crippen LogP contribution in [0.3, 0.4) is 0 Å². The fourth-order valence-electron chi connectivity index (χ4n) is 3.51. The molecule has 0 saturated carbocycles. The lowest BCUT2D eigenvalue weighted by Crippen LogP contribution is -2.19. The van der Waals surface area contributed by atoms with Crippen LogP contribution in [0.1, 0.15) is 57.1 Å². The average Bonchev–Trinajstić information content (AvgIpc) is 2.71. The van der Waals surface area contributed by atoms with Crippen molar-refractivity contribution in [2.45, 2.75) is 59.0 Å². The van der Waals surface area contributed by atoms with Crippen LogP contribution in [0.2, 0.25) is 0 Å². The quantitative estimate of drug-likeness (QED) is 0.413. The van der Waals surface area contributed by atoms with Crippen LogP contribution < -0.4 is 9.47 Å². The smallest absolute Gasteiger partial charge is 0.306 e. The molecule has 0 aliphatic carbocycles. The summed E-state index contributed by atoms with van der Waals surface area (Å²) in [4.78, 5) is 11.3. The largest absolute Gasteiger partial charge is 0.493 e. The zero-order chi connectivity index (χ0) is 21.1. The Hall–Kier alpha value is -2.49. The number of benzene rings is 2. The maximum Gasteiger partial charge on any atom is 0.306 e. The summed E-state index contributed by atoms with van der Waals surface area (Å²) in [5.41, 5.74) is 2.36. The molecule has 0 unspecified atom stereocenters. The summed E-state index contributed by atoms with van der Waals surface area (Å²) in [6.45, 7) is 4.49. The number of carboxylic acids is 1. The van der Waals surface area contributed by atoms with Crippen LogP contribution in [0.4, 0.5) is 0 Å². The first-order chi connectivity index (χ1) is 14.0. The number of aryl methyl sites for hydroxylation is 1. The fraction of sp³-hybridized carbons (Fsp3) is 0.480. The number of aliphatic carboxylic acids is 1. The van der Waals surface area contributed by atoms with Crippen LogP contribution in [-0.2, 0) is 17.8 Å². The third kappa shape index (κ3) is 7.80. The van der Waals surface area contributed by atoms with E-state index in [1.54, 1.807) is 7.11 Å². The maximum absolute atomic E-state index is 11.3. The van der Waals surface area contributed by atoms with E-state index >= 15 is 0 Å². The summed E-state index contributed by atoms with van der Waals surface area (Å²) in [6.07, 6.45) is 6.00. The van der Waals surface area contributed by atoms with E-state index in [2.05, 4.69) is 12.1 Å². The van der Waals surface area contributed by atoms with E-state index in [1.807, 2.05) is 50.2 Å². The number of ether oxygens (including phenoxy) is 2. The molecule has 29 heavy (non-hydrogen) atoms. The van der Waals surface area contributed by atoms with E-state index < -0.39 is 5.97 Å². The highest BCUT2D eigenvalue weighted by molar-refractivity contribution is 5.70. The van der Waals surface area contributed by atoms with Crippen LogP contribution >= 0.6 is 0 Å². The van der Waals surface area contributed by atoms with Gasteiger partial charge in [-0.05, 0) is 48.4 Å². The molecule has 0 aliphatic rings. The van der Waals surface area contributed by atoms with E-state index in [-0.39, 0.29) is 11.8 Å². The topological polar surface area (TPSA) is 55.8 Å². The molecule has 1 N–H and O–H groups in total. The normalized spacial score (nSPS) is 12.0. The van der Waals surface area contributed by atoms with Crippen molar-refractivity contribution in [1.29, 1.82) is 0 Å². The third-order valence-electron chi connectivity index (χ3n) is 5.32. The van der Waals surface area contributed by atoms with Gasteiger partial charge in [-0.2, -0.15) is 0 Å². The van der Waals surface area contributed by atoms with Gasteiger partial charge in [-0.1, -0.05) is 69.5 Å². The van der Waals surface area contributed by atoms with E-state index in [0.29, 0.717) is 6.61 Å². The Morgan fingerprint density at radius 1 is 0.931 bits per heavy atom. The molecule has 0 aliphatic heterocycles. The Morgan fingerprint density at radius 2 is 1.66 bits per heavy atom. The first kappa shape index (κ1) is 22.8. The second-order valence-electron chi connectivity index (χ2n) is 7.90. The Balaban J connectivity index is 1.78. The van der Waals surface area contributed by atoms with Crippen molar-refractivity contribution >= 4 is 5.97 Å². The molecule has 2 aromatic carbocycles. The van der Waals surface area contributed by atoms with E-state index in [1.165, 1.54) is 5.56 Å². The van der Waals surface area contributed by atoms with Gasteiger partial charge >= 0.3 is 5.97 Å². The number of hydrogen-bond acceptors (Lipinski definition) is 3. The highest BCUT2D eigenvalue weighted by Gasteiger charge is 2.20. The average molecular weight is 399 g/mol. The van der Waals surface area contributed by atoms with Crippen molar-refractivity contribution in [3.63, 3.8) is 0 Å². The zero-order valence-corrected chi connectivity index (χ0v) is 17.9. The van der Waals surface area contributed by atoms with Gasteiger partial charge < -0.3 is 14.6 Å². The highest BCUT2D eigenvalue weighted by Crippen LogP contribution is 2.29. The number of carbonyl (C=O) groups is 1. The molecule has 4 nitrogen and oxygen atoms in total. The summed E-state index contributed by atoms with van der Waals surface area (Å²) >= 11 is 0. The zero-order valence-electron chi connectivity index (χ0n) is 17.9. The number of unbranched alkanes of at least 4 members (excludes halogenated alkanes) is 3. The standard InChI is InChI=1S/C25H34O4/c1-19(2)22(25(26)27)14-10-5-4-7-11-20-15-16-23(28-3)24(17-20)29-18-21-12-8-6-9-13-21/h6,8-9,12-13,15-17,19,22H,4-5,7,10-11,14,18H2,1-3H3,(H,26,27)/t22-/m0/s1. The minimum absolute atomic E-state index is 0.195. The number of rotatable bonds is 13. The minimum atomic E-state index is -0.665. The highest BCUT2D eigenvalue weighted by atomic mass is 16.5. The van der Waals surface area contributed by atoms with Crippen molar-refractivity contribution in [3.8, 4) is 11.5 Å². The molecule has 0 radical (unpaired) electrons. The summed E-state index contributed by atoms with van der Waals surface area (Å²) in [5.74, 6) is 0.830. The van der Waals surface area contributed by atoms with E-state index in [0.717, 1.165) is 55.6 Å². The van der Waals surface area contributed by atoms with Gasteiger partial charge in [-0.3, -0.25) is 4.79 Å². The molecule has 1 atom stereocenters. The fourth-order valence-corrected chi connectivity index (χ4v) is 3.51. The summed E-state index contributed by atoms with van der Waals surface area (Å²) in [6, 6.07) is 16.2. The van der Waals surface area contributed by atoms with Gasteiger partial charge in [0.2, 0.25) is 0 Å². The van der Waals surface area contributed by atoms with Crippen LogP contribution in [-0.4, -0.2) is 18.2 Å². The molecule has 0 aromatic heterocycles. The Labute approximate surface area is 174 Å². The van der Waals surface area contributed by atoms with Crippen molar-refractivity contribution in [2.75, 3.05) is 7.11 Å². The lowest BCUT2D eigenvalue weighted by atomic mass is 9.90. The summed E-state index contributed by atoms with van der Waals surface area (Å²) < 4.78 is 11.4. The molecule has 2 aromatic rings. The molecule has 4 heteroatoms. The molecule has 0 heterocycles. The molecule has 0 saturated heterocycles. The number of methoxy groups -OCH3 is 1. The molecule has 0 spiro atoms. The van der Waals surface area contributed by atoms with Gasteiger partial charge in [-0.15, -0.1) is 0 Å². The summed E-state index contributed by atoms with van der Waals surface area (Å²) in [5, 5.41) is 9.26. The van der Waals surface area contributed by atoms with Crippen molar-refractivity contribution in [2.24, 2.45) is 11.8 Å². The van der Waals surface area contributed by atoms with Crippen molar-refractivity contribution < 1.29 is 19.4 Å². The molecule has 2 rings (SSSR count). The van der Waals surface area contributed by atoms with Crippen LogP contribution in [0.25, 0.3) is 0 Å². The SMILES string of the molecule is COc1ccc(CCCCCC[C@H](C(=O)O)C(C)C)cc1OCc1ccccc1. The lowest BCUT2D eigenvalue weighted by Gasteiger charge is -2.15.